The number of hydrogen-bond donors (Lipinski definition) is 1. The van der Waals surface area contributed by atoms with Crippen LogP contribution in [0.2, 0.25) is 5.15 Å². The average molecular weight is 428 g/mol. The minimum atomic E-state index is -0.870. The predicted molar refractivity (Wildman–Crippen MR) is 113 cm³/mol. The van der Waals surface area contributed by atoms with Crippen molar-refractivity contribution >= 4 is 28.5 Å². The monoisotopic (exact) mass is 427 g/mol. The van der Waals surface area contributed by atoms with Crippen LogP contribution in [-0.4, -0.2) is 23.7 Å². The Morgan fingerprint density at radius 3 is 2.63 bits per heavy atom. The molecule has 2 N–H and O–H groups in total. The molecule has 0 saturated carbocycles. The fourth-order valence-electron chi connectivity index (χ4n) is 3.26. The molecule has 30 heavy (non-hydrogen) atoms. The molecule has 0 bridgehead atoms. The molecule has 1 aliphatic heterocycles. The van der Waals surface area contributed by atoms with Crippen molar-refractivity contribution in [1.29, 1.82) is 5.26 Å². The van der Waals surface area contributed by atoms with Gasteiger partial charge < -0.3 is 19.9 Å². The Labute approximate surface area is 179 Å². The van der Waals surface area contributed by atoms with Gasteiger partial charge in [0.1, 0.15) is 33.9 Å². The van der Waals surface area contributed by atoms with E-state index in [2.05, 4.69) is 4.98 Å². The van der Waals surface area contributed by atoms with Gasteiger partial charge in [0, 0.05) is 17.0 Å². The molecule has 3 rings (SSSR count). The van der Waals surface area contributed by atoms with E-state index in [-0.39, 0.29) is 27.9 Å². The number of carbonyl (C=O) groups excluding carboxylic acids is 1. The number of fused-ring (bicyclic) bond motifs is 1. The first-order valence-corrected chi connectivity index (χ1v) is 9.59. The largest absolute Gasteiger partial charge is 0.497 e. The number of aromatic nitrogens is 1. The van der Waals surface area contributed by atoms with Crippen molar-refractivity contribution in [1.82, 2.24) is 4.98 Å². The van der Waals surface area contributed by atoms with Gasteiger partial charge in [-0.2, -0.15) is 5.26 Å². The number of benzene rings is 1. The van der Waals surface area contributed by atoms with Gasteiger partial charge in [-0.25, -0.2) is 9.78 Å². The summed E-state index contributed by atoms with van der Waals surface area (Å²) in [5, 5.41) is 10.7. The van der Waals surface area contributed by atoms with E-state index in [1.54, 1.807) is 53.0 Å². The van der Waals surface area contributed by atoms with Gasteiger partial charge in [0.2, 0.25) is 5.88 Å². The molecule has 2 aromatic rings. The first-order valence-electron chi connectivity index (χ1n) is 9.21. The van der Waals surface area contributed by atoms with Crippen LogP contribution >= 0.6 is 11.6 Å². The van der Waals surface area contributed by atoms with Crippen LogP contribution in [0.3, 0.4) is 0 Å². The molecule has 1 atom stereocenters. The van der Waals surface area contributed by atoms with E-state index in [9.17, 15) is 10.1 Å². The number of nitrogens with zero attached hydrogens (tertiary/aromatic N) is 2. The number of esters is 1. The maximum atomic E-state index is 13.0. The minimum absolute atomic E-state index is 0.0676. The van der Waals surface area contributed by atoms with Crippen molar-refractivity contribution in [2.24, 2.45) is 5.73 Å². The summed E-state index contributed by atoms with van der Waals surface area (Å²) in [6, 6.07) is 9.19. The first-order chi connectivity index (χ1) is 14.1. The Kier molecular flexibility index (Phi) is 5.64. The van der Waals surface area contributed by atoms with E-state index in [1.807, 2.05) is 12.1 Å². The van der Waals surface area contributed by atoms with Gasteiger partial charge in [0.05, 0.1) is 24.1 Å². The molecule has 0 fully saturated rings. The normalized spacial score (nSPS) is 16.9. The molecule has 1 aromatic heterocycles. The summed E-state index contributed by atoms with van der Waals surface area (Å²) in [5.74, 6) is -0.687. The minimum Gasteiger partial charge on any atom is -0.497 e. The Balaban J connectivity index is 2.22. The summed E-state index contributed by atoms with van der Waals surface area (Å²) in [5.41, 5.74) is 6.53. The molecule has 8 heteroatoms. The van der Waals surface area contributed by atoms with Gasteiger partial charge in [0.15, 0.2) is 0 Å². The van der Waals surface area contributed by atoms with Crippen molar-refractivity contribution in [3.8, 4) is 11.8 Å². The molecule has 1 aromatic carbocycles. The van der Waals surface area contributed by atoms with E-state index in [1.165, 1.54) is 0 Å². The van der Waals surface area contributed by atoms with Crippen LogP contribution in [0.5, 0.6) is 5.75 Å². The number of pyridine rings is 1. The lowest BCUT2D eigenvalue weighted by atomic mass is 9.83. The molecule has 0 radical (unpaired) electrons. The van der Waals surface area contributed by atoms with Crippen LogP contribution in [-0.2, 0) is 14.3 Å². The summed E-state index contributed by atoms with van der Waals surface area (Å²) >= 11 is 6.51. The number of nitrogens with two attached hydrogens (primary N) is 1. The summed E-state index contributed by atoms with van der Waals surface area (Å²) in [7, 11) is 1.56. The SMILES string of the molecule is COc1ccc2cc(C3C(C#N)=C(N)OC(C)=C3C(=O)OC(C)(C)C)c(Cl)nc2c1. The highest BCUT2D eigenvalue weighted by Gasteiger charge is 2.39. The summed E-state index contributed by atoms with van der Waals surface area (Å²) in [4.78, 5) is 17.5. The van der Waals surface area contributed by atoms with Crippen LogP contribution < -0.4 is 10.5 Å². The fraction of sp³-hybridized carbons (Fsp3) is 0.318. The number of hydrogen-bond acceptors (Lipinski definition) is 7. The van der Waals surface area contributed by atoms with Gasteiger partial charge in [-0.3, -0.25) is 0 Å². The first kappa shape index (κ1) is 21.5. The molecule has 0 aliphatic carbocycles. The van der Waals surface area contributed by atoms with Gasteiger partial charge >= 0.3 is 5.97 Å². The lowest BCUT2D eigenvalue weighted by Crippen LogP contribution is -2.30. The van der Waals surface area contributed by atoms with Gasteiger partial charge in [-0.05, 0) is 45.9 Å². The van der Waals surface area contributed by atoms with Crippen LogP contribution in [0, 0.1) is 11.3 Å². The van der Waals surface area contributed by atoms with Crippen molar-refractivity contribution in [3.63, 3.8) is 0 Å². The van der Waals surface area contributed by atoms with Crippen molar-refractivity contribution < 1.29 is 19.0 Å². The Morgan fingerprint density at radius 1 is 1.33 bits per heavy atom. The molecule has 1 aliphatic rings. The van der Waals surface area contributed by atoms with Gasteiger partial charge in [0.25, 0.3) is 0 Å². The predicted octanol–water partition coefficient (Wildman–Crippen LogP) is 4.32. The third kappa shape index (κ3) is 4.05. The lowest BCUT2D eigenvalue weighted by molar-refractivity contribution is -0.150. The molecule has 0 saturated heterocycles. The number of halogens is 1. The Hall–Kier alpha value is -3.24. The van der Waals surface area contributed by atoms with E-state index >= 15 is 0 Å². The molecule has 2 heterocycles. The molecular weight excluding hydrogens is 406 g/mol. The highest BCUT2D eigenvalue weighted by Crippen LogP contribution is 2.43. The van der Waals surface area contributed by atoms with E-state index in [0.717, 1.165) is 5.39 Å². The molecule has 0 amide bonds. The van der Waals surface area contributed by atoms with Gasteiger partial charge in [-0.1, -0.05) is 11.6 Å². The highest BCUT2D eigenvalue weighted by atomic mass is 35.5. The second-order valence-corrected chi connectivity index (χ2v) is 8.18. The van der Waals surface area contributed by atoms with Gasteiger partial charge in [-0.15, -0.1) is 0 Å². The second-order valence-electron chi connectivity index (χ2n) is 7.82. The Bertz CT molecular complexity index is 1140. The third-order valence-electron chi connectivity index (χ3n) is 4.54. The number of nitriles is 1. The lowest BCUT2D eigenvalue weighted by Gasteiger charge is -2.29. The molecule has 0 spiro atoms. The van der Waals surface area contributed by atoms with Crippen molar-refractivity contribution in [2.75, 3.05) is 7.11 Å². The summed E-state index contributed by atoms with van der Waals surface area (Å²) < 4.78 is 16.3. The number of ether oxygens (including phenoxy) is 3. The maximum absolute atomic E-state index is 13.0. The summed E-state index contributed by atoms with van der Waals surface area (Å²) in [6.45, 7) is 6.87. The van der Waals surface area contributed by atoms with Crippen molar-refractivity contribution in [2.45, 2.75) is 39.2 Å². The zero-order valence-corrected chi connectivity index (χ0v) is 18.1. The highest BCUT2D eigenvalue weighted by molar-refractivity contribution is 6.30. The molecule has 1 unspecified atom stereocenters. The molecule has 7 nitrogen and oxygen atoms in total. The zero-order valence-electron chi connectivity index (χ0n) is 17.4. The molecular formula is C22H22ClN3O4. The van der Waals surface area contributed by atoms with Crippen LogP contribution in [0.15, 0.2) is 47.1 Å². The topological polar surface area (TPSA) is 107 Å². The van der Waals surface area contributed by atoms with E-state index in [4.69, 9.17) is 31.5 Å². The number of carbonyl (C=O) groups is 1. The van der Waals surface area contributed by atoms with E-state index < -0.39 is 17.5 Å². The number of methoxy groups -OCH3 is 1. The quantitative estimate of drug-likeness (QED) is 0.574. The molecule has 156 valence electrons. The fourth-order valence-corrected chi connectivity index (χ4v) is 3.51. The van der Waals surface area contributed by atoms with Crippen LogP contribution in [0.25, 0.3) is 10.9 Å². The Morgan fingerprint density at radius 2 is 2.03 bits per heavy atom. The average Bonchev–Trinajstić information content (AvgIpc) is 2.64. The van der Waals surface area contributed by atoms with Crippen molar-refractivity contribution in [3.05, 3.63) is 57.8 Å². The standard InChI is InChI=1S/C22H22ClN3O4/c1-11-17(21(27)30-22(2,3)4)18(15(10-24)20(25)29-11)14-8-12-6-7-13(28-5)9-16(12)26-19(14)23/h6-9,18H,25H2,1-5H3. The third-order valence-corrected chi connectivity index (χ3v) is 4.84. The zero-order chi connectivity index (χ0) is 22.2. The smallest absolute Gasteiger partial charge is 0.338 e. The van der Waals surface area contributed by atoms with Crippen LogP contribution in [0.1, 0.15) is 39.2 Å². The second kappa shape index (κ2) is 7.88. The maximum Gasteiger partial charge on any atom is 0.338 e. The van der Waals surface area contributed by atoms with Crippen LogP contribution in [0.4, 0.5) is 0 Å². The number of rotatable bonds is 3. The van der Waals surface area contributed by atoms with E-state index in [0.29, 0.717) is 16.8 Å². The summed E-state index contributed by atoms with van der Waals surface area (Å²) in [6.07, 6.45) is 0. The number of allylic oxidation sites excluding steroid dienone is 2.